The monoisotopic (exact) mass is 272 g/mol. The Morgan fingerprint density at radius 3 is 2.53 bits per heavy atom. The van der Waals surface area contributed by atoms with Gasteiger partial charge in [0, 0.05) is 27.1 Å². The first kappa shape index (κ1) is 16.4. The third kappa shape index (κ3) is 6.36. The topological polar surface area (TPSA) is 50.8 Å². The molecule has 0 aromatic carbocycles. The molecular weight excluding hydrogens is 244 g/mol. The Morgan fingerprint density at radius 1 is 1.26 bits per heavy atom. The highest BCUT2D eigenvalue weighted by Gasteiger charge is 2.31. The van der Waals surface area contributed by atoms with Crippen molar-refractivity contribution < 1.29 is 14.3 Å². The van der Waals surface area contributed by atoms with Crippen LogP contribution in [-0.2, 0) is 14.3 Å². The Kier molecular flexibility index (Phi) is 7.34. The van der Waals surface area contributed by atoms with Crippen molar-refractivity contribution in [2.45, 2.75) is 26.2 Å². The lowest BCUT2D eigenvalue weighted by atomic mass is 9.77. The highest BCUT2D eigenvalue weighted by molar-refractivity contribution is 5.76. The first-order chi connectivity index (χ1) is 9.09. The number of carbonyl (C=O) groups excluding carboxylic acids is 1. The molecule has 5 nitrogen and oxygen atoms in total. The van der Waals surface area contributed by atoms with Gasteiger partial charge in [-0.05, 0) is 31.3 Å². The van der Waals surface area contributed by atoms with Gasteiger partial charge in [-0.1, -0.05) is 6.92 Å². The minimum Gasteiger partial charge on any atom is -0.382 e. The molecule has 1 aliphatic heterocycles. The molecule has 1 heterocycles. The molecule has 0 saturated carbocycles. The Hall–Kier alpha value is -0.650. The fourth-order valence-corrected chi connectivity index (χ4v) is 2.41. The number of piperidine rings is 1. The number of ether oxygens (including phenoxy) is 2. The quantitative estimate of drug-likeness (QED) is 0.667. The maximum absolute atomic E-state index is 11.5. The fourth-order valence-electron chi connectivity index (χ4n) is 2.41. The molecular formula is C14H28N2O3. The molecule has 0 atom stereocenters. The molecule has 1 saturated heterocycles. The fraction of sp³-hybridized carbons (Fsp3) is 0.929. The number of nitrogens with one attached hydrogen (secondary N) is 1. The average molecular weight is 272 g/mol. The van der Waals surface area contributed by atoms with Crippen molar-refractivity contribution in [1.82, 2.24) is 10.2 Å². The highest BCUT2D eigenvalue weighted by atomic mass is 16.5. The van der Waals surface area contributed by atoms with Crippen LogP contribution in [0.2, 0.25) is 0 Å². The van der Waals surface area contributed by atoms with Crippen LogP contribution in [-0.4, -0.2) is 64.4 Å². The van der Waals surface area contributed by atoms with Gasteiger partial charge in [-0.2, -0.15) is 0 Å². The van der Waals surface area contributed by atoms with Crippen molar-refractivity contribution in [1.29, 1.82) is 0 Å². The van der Waals surface area contributed by atoms with E-state index < -0.39 is 0 Å². The van der Waals surface area contributed by atoms with Crippen LogP contribution in [0.1, 0.15) is 26.2 Å². The third-order valence-electron chi connectivity index (χ3n) is 3.91. The molecule has 1 rings (SSSR count). The summed E-state index contributed by atoms with van der Waals surface area (Å²) in [6.07, 6.45) is 2.80. The molecule has 0 aromatic rings. The van der Waals surface area contributed by atoms with Crippen molar-refractivity contribution in [3.8, 4) is 0 Å². The smallest absolute Gasteiger partial charge is 0.220 e. The second-order valence-electron chi connectivity index (χ2n) is 5.61. The Balaban J connectivity index is 2.15. The summed E-state index contributed by atoms with van der Waals surface area (Å²) in [4.78, 5) is 13.9. The summed E-state index contributed by atoms with van der Waals surface area (Å²) in [7, 11) is 3.39. The molecule has 0 radical (unpaired) electrons. The molecule has 1 fully saturated rings. The van der Waals surface area contributed by atoms with Gasteiger partial charge in [0.1, 0.15) is 0 Å². The molecule has 1 amide bonds. The normalized spacial score (nSPS) is 19.3. The Morgan fingerprint density at radius 2 is 1.95 bits per heavy atom. The van der Waals surface area contributed by atoms with E-state index in [1.165, 1.54) is 0 Å². The van der Waals surface area contributed by atoms with E-state index in [0.717, 1.165) is 39.1 Å². The number of methoxy groups -OCH3 is 1. The Bertz CT molecular complexity index is 263. The second kappa shape index (κ2) is 8.51. The molecule has 1 N–H and O–H groups in total. The van der Waals surface area contributed by atoms with Crippen LogP contribution in [0.4, 0.5) is 0 Å². The van der Waals surface area contributed by atoms with Crippen LogP contribution in [0.3, 0.4) is 0 Å². The zero-order chi connectivity index (χ0) is 14.1. The number of carbonyl (C=O) groups is 1. The van der Waals surface area contributed by atoms with Gasteiger partial charge in [0.15, 0.2) is 0 Å². The van der Waals surface area contributed by atoms with E-state index in [1.54, 1.807) is 14.2 Å². The van der Waals surface area contributed by atoms with Crippen molar-refractivity contribution in [3.05, 3.63) is 0 Å². The zero-order valence-electron chi connectivity index (χ0n) is 12.5. The highest BCUT2D eigenvalue weighted by Crippen LogP contribution is 2.34. The van der Waals surface area contributed by atoms with E-state index >= 15 is 0 Å². The van der Waals surface area contributed by atoms with Crippen LogP contribution in [0, 0.1) is 5.41 Å². The van der Waals surface area contributed by atoms with Gasteiger partial charge >= 0.3 is 0 Å². The first-order valence-electron chi connectivity index (χ1n) is 7.09. The van der Waals surface area contributed by atoms with E-state index in [1.807, 2.05) is 0 Å². The SMILES string of the molecule is CNC(=O)CC1(C)CCN(CCOCCOC)CC1. The summed E-state index contributed by atoms with van der Waals surface area (Å²) in [5.74, 6) is 0.152. The van der Waals surface area contributed by atoms with Gasteiger partial charge in [-0.3, -0.25) is 4.79 Å². The molecule has 0 unspecified atom stereocenters. The Labute approximate surface area is 116 Å². The summed E-state index contributed by atoms with van der Waals surface area (Å²) < 4.78 is 10.4. The van der Waals surface area contributed by atoms with Crippen LogP contribution in [0.15, 0.2) is 0 Å². The second-order valence-corrected chi connectivity index (χ2v) is 5.61. The lowest BCUT2D eigenvalue weighted by Gasteiger charge is -2.39. The van der Waals surface area contributed by atoms with Crippen LogP contribution in [0.5, 0.6) is 0 Å². The molecule has 0 spiro atoms. The van der Waals surface area contributed by atoms with Crippen molar-refractivity contribution in [3.63, 3.8) is 0 Å². The number of nitrogens with zero attached hydrogens (tertiary/aromatic N) is 1. The van der Waals surface area contributed by atoms with Gasteiger partial charge in [-0.25, -0.2) is 0 Å². The van der Waals surface area contributed by atoms with E-state index in [-0.39, 0.29) is 11.3 Å². The molecule has 0 bridgehead atoms. The van der Waals surface area contributed by atoms with Gasteiger partial charge in [0.2, 0.25) is 5.91 Å². The summed E-state index contributed by atoms with van der Waals surface area (Å²) in [5.41, 5.74) is 0.160. The summed E-state index contributed by atoms with van der Waals surface area (Å²) in [6, 6.07) is 0. The predicted octanol–water partition coefficient (Wildman–Crippen LogP) is 0.888. The molecule has 19 heavy (non-hydrogen) atoms. The standard InChI is InChI=1S/C14H28N2O3/c1-14(12-13(17)15-2)4-6-16(7-5-14)8-9-19-11-10-18-3/h4-12H2,1-3H3,(H,15,17). The first-order valence-corrected chi connectivity index (χ1v) is 7.09. The lowest BCUT2D eigenvalue weighted by Crippen LogP contribution is -2.42. The zero-order valence-corrected chi connectivity index (χ0v) is 12.5. The van der Waals surface area contributed by atoms with E-state index in [9.17, 15) is 4.79 Å². The van der Waals surface area contributed by atoms with Crippen molar-refractivity contribution in [2.24, 2.45) is 5.41 Å². The molecule has 0 aliphatic carbocycles. The molecule has 1 aliphatic rings. The van der Waals surface area contributed by atoms with Crippen LogP contribution >= 0.6 is 0 Å². The van der Waals surface area contributed by atoms with Crippen molar-refractivity contribution in [2.75, 3.05) is 53.6 Å². The minimum absolute atomic E-state index is 0.152. The number of hydrogen-bond acceptors (Lipinski definition) is 4. The van der Waals surface area contributed by atoms with Gasteiger partial charge < -0.3 is 19.7 Å². The number of rotatable bonds is 8. The summed E-state index contributed by atoms with van der Waals surface area (Å²) >= 11 is 0. The molecule has 112 valence electrons. The minimum atomic E-state index is 0.152. The average Bonchev–Trinajstić information content (AvgIpc) is 2.40. The largest absolute Gasteiger partial charge is 0.382 e. The molecule has 5 heteroatoms. The van der Waals surface area contributed by atoms with E-state index in [0.29, 0.717) is 19.6 Å². The molecule has 0 aromatic heterocycles. The van der Waals surface area contributed by atoms with Gasteiger partial charge in [0.05, 0.1) is 19.8 Å². The summed E-state index contributed by atoms with van der Waals surface area (Å²) in [6.45, 7) is 7.38. The lowest BCUT2D eigenvalue weighted by molar-refractivity contribution is -0.123. The number of likely N-dealkylation sites (tertiary alicyclic amines) is 1. The third-order valence-corrected chi connectivity index (χ3v) is 3.91. The van der Waals surface area contributed by atoms with Crippen molar-refractivity contribution >= 4 is 5.91 Å². The maximum Gasteiger partial charge on any atom is 0.220 e. The van der Waals surface area contributed by atoms with E-state index in [4.69, 9.17) is 9.47 Å². The van der Waals surface area contributed by atoms with E-state index in [2.05, 4.69) is 17.1 Å². The van der Waals surface area contributed by atoms with Crippen LogP contribution < -0.4 is 5.32 Å². The predicted molar refractivity (Wildman–Crippen MR) is 75.2 cm³/mol. The van der Waals surface area contributed by atoms with Crippen LogP contribution in [0.25, 0.3) is 0 Å². The number of amides is 1. The maximum atomic E-state index is 11.5. The van der Waals surface area contributed by atoms with Gasteiger partial charge in [0.25, 0.3) is 0 Å². The summed E-state index contributed by atoms with van der Waals surface area (Å²) in [5, 5.41) is 2.72. The number of hydrogen-bond donors (Lipinski definition) is 1. The van der Waals surface area contributed by atoms with Gasteiger partial charge in [-0.15, -0.1) is 0 Å².